The van der Waals surface area contributed by atoms with Crippen molar-refractivity contribution < 1.29 is 4.79 Å². The second-order valence-electron chi connectivity index (χ2n) is 5.91. The van der Waals surface area contributed by atoms with Crippen molar-refractivity contribution in [3.8, 4) is 0 Å². The molecule has 0 aliphatic heterocycles. The fourth-order valence-corrected chi connectivity index (χ4v) is 2.45. The summed E-state index contributed by atoms with van der Waals surface area (Å²) in [5, 5.41) is 10.8. The Kier molecular flexibility index (Phi) is 5.82. The molecule has 0 aliphatic carbocycles. The van der Waals surface area contributed by atoms with Crippen molar-refractivity contribution in [3.05, 3.63) is 78.1 Å². The first kappa shape index (κ1) is 17.5. The summed E-state index contributed by atoms with van der Waals surface area (Å²) in [5.74, 6) is -0.250. The van der Waals surface area contributed by atoms with Crippen LogP contribution in [0.5, 0.6) is 0 Å². The Labute approximate surface area is 151 Å². The normalized spacial score (nSPS) is 12.2. The number of carbonyl (C=O) groups excluding carboxylic acids is 1. The second kappa shape index (κ2) is 8.66. The standard InChI is InChI=1S/C19H20N6O/c1-15(12-17-13-20-9-10-21-17)22-19(26)18-14-25(24-23-18)11-5-8-16-6-3-2-4-7-16/h2-10,13-15H,11-12H2,1H3,(H,22,26). The highest BCUT2D eigenvalue weighted by atomic mass is 16.2. The van der Waals surface area contributed by atoms with E-state index in [0.717, 1.165) is 11.3 Å². The Bertz CT molecular complexity index is 860. The van der Waals surface area contributed by atoms with Crippen LogP contribution in [0.25, 0.3) is 6.08 Å². The highest BCUT2D eigenvalue weighted by molar-refractivity contribution is 5.92. The molecule has 1 atom stereocenters. The number of hydrogen-bond acceptors (Lipinski definition) is 5. The summed E-state index contributed by atoms with van der Waals surface area (Å²) in [6.45, 7) is 2.46. The van der Waals surface area contributed by atoms with E-state index < -0.39 is 0 Å². The van der Waals surface area contributed by atoms with Gasteiger partial charge in [-0.05, 0) is 12.5 Å². The monoisotopic (exact) mass is 348 g/mol. The molecule has 7 heteroatoms. The lowest BCUT2D eigenvalue weighted by molar-refractivity contribution is 0.0935. The molecule has 0 bridgehead atoms. The van der Waals surface area contributed by atoms with Gasteiger partial charge < -0.3 is 5.32 Å². The van der Waals surface area contributed by atoms with Gasteiger partial charge in [-0.25, -0.2) is 4.68 Å². The summed E-state index contributed by atoms with van der Waals surface area (Å²) in [7, 11) is 0. The summed E-state index contributed by atoms with van der Waals surface area (Å²) >= 11 is 0. The lowest BCUT2D eigenvalue weighted by Gasteiger charge is -2.11. The van der Waals surface area contributed by atoms with Crippen molar-refractivity contribution in [2.75, 3.05) is 0 Å². The number of hydrogen-bond donors (Lipinski definition) is 1. The minimum Gasteiger partial charge on any atom is -0.348 e. The second-order valence-corrected chi connectivity index (χ2v) is 5.91. The molecule has 3 rings (SSSR count). The van der Waals surface area contributed by atoms with E-state index in [0.29, 0.717) is 18.7 Å². The number of benzene rings is 1. The Balaban J connectivity index is 1.52. The number of allylic oxidation sites excluding steroid dienone is 1. The van der Waals surface area contributed by atoms with E-state index >= 15 is 0 Å². The molecule has 3 aromatic rings. The van der Waals surface area contributed by atoms with Gasteiger partial charge in [0, 0.05) is 31.1 Å². The maximum absolute atomic E-state index is 12.3. The molecule has 132 valence electrons. The molecule has 1 N–H and O–H groups in total. The summed E-state index contributed by atoms with van der Waals surface area (Å²) in [6, 6.07) is 9.91. The molecule has 0 radical (unpaired) electrons. The number of aromatic nitrogens is 5. The first-order chi connectivity index (χ1) is 12.7. The Morgan fingerprint density at radius 3 is 2.88 bits per heavy atom. The van der Waals surface area contributed by atoms with Crippen LogP contribution in [0.1, 0.15) is 28.7 Å². The van der Waals surface area contributed by atoms with Crippen molar-refractivity contribution in [1.29, 1.82) is 0 Å². The van der Waals surface area contributed by atoms with Gasteiger partial charge in [-0.1, -0.05) is 47.7 Å². The molecule has 2 aromatic heterocycles. The van der Waals surface area contributed by atoms with E-state index in [2.05, 4.69) is 25.6 Å². The molecule has 1 aromatic carbocycles. The third-order valence-corrected chi connectivity index (χ3v) is 3.68. The lowest BCUT2D eigenvalue weighted by atomic mass is 10.2. The molecule has 0 saturated carbocycles. The average molecular weight is 348 g/mol. The SMILES string of the molecule is CC(Cc1cnccn1)NC(=O)c1cn(CC=Cc2ccccc2)nn1. The molecule has 2 heterocycles. The van der Waals surface area contributed by atoms with E-state index in [9.17, 15) is 4.79 Å². The smallest absolute Gasteiger partial charge is 0.273 e. The van der Waals surface area contributed by atoms with Gasteiger partial charge in [-0.2, -0.15) is 0 Å². The Morgan fingerprint density at radius 1 is 1.27 bits per heavy atom. The van der Waals surface area contributed by atoms with Gasteiger partial charge in [0.15, 0.2) is 5.69 Å². The van der Waals surface area contributed by atoms with Crippen LogP contribution in [-0.2, 0) is 13.0 Å². The van der Waals surface area contributed by atoms with Crippen LogP contribution in [0.4, 0.5) is 0 Å². The molecule has 0 spiro atoms. The zero-order valence-corrected chi connectivity index (χ0v) is 14.5. The summed E-state index contributed by atoms with van der Waals surface area (Å²) in [4.78, 5) is 20.5. The van der Waals surface area contributed by atoms with Crippen LogP contribution >= 0.6 is 0 Å². The molecule has 1 amide bonds. The quantitative estimate of drug-likeness (QED) is 0.707. The number of rotatable bonds is 7. The topological polar surface area (TPSA) is 85.6 Å². The van der Waals surface area contributed by atoms with Crippen LogP contribution in [0, 0.1) is 0 Å². The van der Waals surface area contributed by atoms with Gasteiger partial charge >= 0.3 is 0 Å². The Hall–Kier alpha value is -3.35. The summed E-state index contributed by atoms with van der Waals surface area (Å²) in [5.41, 5.74) is 2.24. The van der Waals surface area contributed by atoms with Gasteiger partial charge in [-0.3, -0.25) is 14.8 Å². The average Bonchev–Trinajstić information content (AvgIpc) is 3.12. The lowest BCUT2D eigenvalue weighted by Crippen LogP contribution is -2.34. The first-order valence-electron chi connectivity index (χ1n) is 8.38. The van der Waals surface area contributed by atoms with Gasteiger partial charge in [0.2, 0.25) is 0 Å². The van der Waals surface area contributed by atoms with Crippen LogP contribution in [0.15, 0.2) is 61.2 Å². The molecule has 0 saturated heterocycles. The summed E-state index contributed by atoms with van der Waals surface area (Å²) < 4.78 is 1.63. The molecule has 0 fully saturated rings. The van der Waals surface area contributed by atoms with E-state index in [-0.39, 0.29) is 11.9 Å². The number of amides is 1. The third kappa shape index (κ3) is 5.07. The number of nitrogens with zero attached hydrogens (tertiary/aromatic N) is 5. The van der Waals surface area contributed by atoms with Crippen LogP contribution < -0.4 is 5.32 Å². The fraction of sp³-hybridized carbons (Fsp3) is 0.211. The van der Waals surface area contributed by atoms with Gasteiger partial charge in [0.05, 0.1) is 18.4 Å². The van der Waals surface area contributed by atoms with Crippen molar-refractivity contribution in [2.24, 2.45) is 0 Å². The minimum atomic E-state index is -0.250. The predicted molar refractivity (Wildman–Crippen MR) is 98.2 cm³/mol. The van der Waals surface area contributed by atoms with E-state index in [4.69, 9.17) is 0 Å². The zero-order valence-electron chi connectivity index (χ0n) is 14.5. The van der Waals surface area contributed by atoms with E-state index in [1.807, 2.05) is 49.4 Å². The highest BCUT2D eigenvalue weighted by Crippen LogP contribution is 2.02. The van der Waals surface area contributed by atoms with Crippen LogP contribution in [-0.4, -0.2) is 36.9 Å². The molecule has 1 unspecified atom stereocenters. The molecule has 0 aliphatic rings. The van der Waals surface area contributed by atoms with E-state index in [1.54, 1.807) is 29.5 Å². The highest BCUT2D eigenvalue weighted by Gasteiger charge is 2.14. The molecular formula is C19H20N6O. The predicted octanol–water partition coefficient (Wildman–Crippen LogP) is 2.14. The van der Waals surface area contributed by atoms with Crippen molar-refractivity contribution in [3.63, 3.8) is 0 Å². The minimum absolute atomic E-state index is 0.0812. The van der Waals surface area contributed by atoms with Crippen molar-refractivity contribution in [1.82, 2.24) is 30.3 Å². The van der Waals surface area contributed by atoms with Crippen molar-refractivity contribution >= 4 is 12.0 Å². The largest absolute Gasteiger partial charge is 0.348 e. The maximum atomic E-state index is 12.3. The number of nitrogens with one attached hydrogen (secondary N) is 1. The zero-order chi connectivity index (χ0) is 18.2. The van der Waals surface area contributed by atoms with E-state index in [1.165, 1.54) is 0 Å². The maximum Gasteiger partial charge on any atom is 0.273 e. The fourth-order valence-electron chi connectivity index (χ4n) is 2.45. The van der Waals surface area contributed by atoms with Crippen LogP contribution in [0.2, 0.25) is 0 Å². The van der Waals surface area contributed by atoms with Crippen LogP contribution in [0.3, 0.4) is 0 Å². The van der Waals surface area contributed by atoms with Crippen molar-refractivity contribution in [2.45, 2.75) is 25.9 Å². The Morgan fingerprint density at radius 2 is 2.12 bits per heavy atom. The van der Waals surface area contributed by atoms with Gasteiger partial charge in [-0.15, -0.1) is 5.10 Å². The van der Waals surface area contributed by atoms with Gasteiger partial charge in [0.1, 0.15) is 0 Å². The molecule has 26 heavy (non-hydrogen) atoms. The summed E-state index contributed by atoms with van der Waals surface area (Å²) in [6.07, 6.45) is 11.2. The molecule has 7 nitrogen and oxygen atoms in total. The van der Waals surface area contributed by atoms with Gasteiger partial charge in [0.25, 0.3) is 5.91 Å². The third-order valence-electron chi connectivity index (χ3n) is 3.68. The number of carbonyl (C=O) groups is 1. The first-order valence-corrected chi connectivity index (χ1v) is 8.38. The molecular weight excluding hydrogens is 328 g/mol.